The highest BCUT2D eigenvalue weighted by Crippen LogP contribution is 2.34. The van der Waals surface area contributed by atoms with Crippen LogP contribution in [0.4, 0.5) is 4.39 Å². The quantitative estimate of drug-likeness (QED) is 0.895. The van der Waals surface area contributed by atoms with Crippen LogP contribution >= 0.6 is 23.2 Å². The highest BCUT2D eigenvalue weighted by atomic mass is 35.5. The van der Waals surface area contributed by atoms with Crippen LogP contribution in [0.25, 0.3) is 0 Å². The first-order valence-electron chi connectivity index (χ1n) is 6.50. The average molecular weight is 310 g/mol. The first-order chi connectivity index (χ1) is 9.59. The molecule has 4 heteroatoms. The molecule has 0 saturated carbocycles. The lowest BCUT2D eigenvalue weighted by Crippen LogP contribution is -2.58. The van der Waals surface area contributed by atoms with E-state index in [9.17, 15) is 4.39 Å². The van der Waals surface area contributed by atoms with E-state index in [1.165, 1.54) is 11.6 Å². The molecule has 0 unspecified atom stereocenters. The maximum Gasteiger partial charge on any atom is 0.141 e. The second-order valence-electron chi connectivity index (χ2n) is 5.32. The van der Waals surface area contributed by atoms with E-state index >= 15 is 0 Å². The van der Waals surface area contributed by atoms with Gasteiger partial charge in [0.05, 0.1) is 5.02 Å². The highest BCUT2D eigenvalue weighted by molar-refractivity contribution is 6.31. The van der Waals surface area contributed by atoms with Gasteiger partial charge in [-0.05, 0) is 41.8 Å². The number of hydrogen-bond donors (Lipinski definition) is 1. The van der Waals surface area contributed by atoms with Crippen LogP contribution in [0.3, 0.4) is 0 Å². The Balaban J connectivity index is 1.89. The van der Waals surface area contributed by atoms with E-state index in [4.69, 9.17) is 23.2 Å². The van der Waals surface area contributed by atoms with Crippen molar-refractivity contribution in [3.05, 3.63) is 69.5 Å². The van der Waals surface area contributed by atoms with Crippen molar-refractivity contribution in [2.45, 2.75) is 11.8 Å². The number of benzene rings is 2. The Morgan fingerprint density at radius 3 is 2.30 bits per heavy atom. The summed E-state index contributed by atoms with van der Waals surface area (Å²) < 4.78 is 13.2. The van der Waals surface area contributed by atoms with Crippen molar-refractivity contribution in [3.8, 4) is 0 Å². The molecule has 1 aliphatic heterocycles. The Morgan fingerprint density at radius 2 is 1.75 bits per heavy atom. The van der Waals surface area contributed by atoms with Gasteiger partial charge in [-0.25, -0.2) is 4.39 Å². The van der Waals surface area contributed by atoms with Crippen LogP contribution in [0.15, 0.2) is 42.5 Å². The number of hydrogen-bond acceptors (Lipinski definition) is 1. The van der Waals surface area contributed by atoms with Crippen LogP contribution in [0, 0.1) is 5.82 Å². The summed E-state index contributed by atoms with van der Waals surface area (Å²) in [6, 6.07) is 12.9. The van der Waals surface area contributed by atoms with E-state index in [0.717, 1.165) is 30.1 Å². The first kappa shape index (κ1) is 13.9. The minimum atomic E-state index is -0.373. The molecule has 20 heavy (non-hydrogen) atoms. The normalized spacial score (nSPS) is 16.8. The fourth-order valence-corrected chi connectivity index (χ4v) is 3.03. The molecule has 104 valence electrons. The maximum absolute atomic E-state index is 13.2. The summed E-state index contributed by atoms with van der Waals surface area (Å²) in [5.74, 6) is -0.373. The van der Waals surface area contributed by atoms with Gasteiger partial charge in [0.25, 0.3) is 0 Å². The van der Waals surface area contributed by atoms with Crippen LogP contribution in [-0.2, 0) is 11.8 Å². The van der Waals surface area contributed by atoms with Crippen LogP contribution in [0.2, 0.25) is 10.0 Å². The first-order valence-corrected chi connectivity index (χ1v) is 7.25. The molecule has 1 heterocycles. The molecule has 0 spiro atoms. The standard InChI is InChI=1S/C16H14Cl2FN/c17-13-4-2-12(3-5-13)16(9-20-10-16)8-11-1-6-15(19)14(18)7-11/h1-7,20H,8-10H2. The van der Waals surface area contributed by atoms with E-state index < -0.39 is 0 Å². The van der Waals surface area contributed by atoms with E-state index in [-0.39, 0.29) is 16.3 Å². The van der Waals surface area contributed by atoms with Gasteiger partial charge in [0.15, 0.2) is 0 Å². The minimum Gasteiger partial charge on any atom is -0.315 e. The predicted octanol–water partition coefficient (Wildman–Crippen LogP) is 4.22. The fraction of sp³-hybridized carbons (Fsp3) is 0.250. The van der Waals surface area contributed by atoms with Crippen LogP contribution < -0.4 is 5.32 Å². The third kappa shape index (κ3) is 2.56. The monoisotopic (exact) mass is 309 g/mol. The van der Waals surface area contributed by atoms with Crippen molar-refractivity contribution < 1.29 is 4.39 Å². The van der Waals surface area contributed by atoms with Gasteiger partial charge in [0, 0.05) is 23.5 Å². The predicted molar refractivity (Wildman–Crippen MR) is 81.1 cm³/mol. The lowest BCUT2D eigenvalue weighted by Gasteiger charge is -2.43. The Kier molecular flexibility index (Phi) is 3.72. The molecule has 1 N–H and O–H groups in total. The van der Waals surface area contributed by atoms with Gasteiger partial charge < -0.3 is 5.32 Å². The van der Waals surface area contributed by atoms with Crippen molar-refractivity contribution in [2.24, 2.45) is 0 Å². The second kappa shape index (κ2) is 5.36. The zero-order valence-corrected chi connectivity index (χ0v) is 12.3. The summed E-state index contributed by atoms with van der Waals surface area (Å²) in [6.45, 7) is 1.81. The van der Waals surface area contributed by atoms with Crippen molar-refractivity contribution in [1.29, 1.82) is 0 Å². The Labute approximate surface area is 127 Å². The number of nitrogens with one attached hydrogen (secondary N) is 1. The third-order valence-electron chi connectivity index (χ3n) is 3.91. The topological polar surface area (TPSA) is 12.0 Å². The fourth-order valence-electron chi connectivity index (χ4n) is 2.70. The molecule has 3 rings (SSSR count). The zero-order valence-electron chi connectivity index (χ0n) is 10.8. The van der Waals surface area contributed by atoms with Gasteiger partial charge in [0.2, 0.25) is 0 Å². The zero-order chi connectivity index (χ0) is 14.2. The Bertz CT molecular complexity index is 621. The largest absolute Gasteiger partial charge is 0.315 e. The second-order valence-corrected chi connectivity index (χ2v) is 6.16. The smallest absolute Gasteiger partial charge is 0.141 e. The molecule has 2 aromatic carbocycles. The summed E-state index contributed by atoms with van der Waals surface area (Å²) in [5.41, 5.74) is 2.35. The Hall–Kier alpha value is -1.09. The van der Waals surface area contributed by atoms with Gasteiger partial charge >= 0.3 is 0 Å². The molecule has 0 aromatic heterocycles. The molecule has 0 amide bonds. The van der Waals surface area contributed by atoms with Gasteiger partial charge in [0.1, 0.15) is 5.82 Å². The molecule has 0 atom stereocenters. The van der Waals surface area contributed by atoms with Crippen LogP contribution in [-0.4, -0.2) is 13.1 Å². The molecule has 1 fully saturated rings. The molecule has 0 radical (unpaired) electrons. The highest BCUT2D eigenvalue weighted by Gasteiger charge is 2.38. The van der Waals surface area contributed by atoms with E-state index in [1.54, 1.807) is 12.1 Å². The van der Waals surface area contributed by atoms with Gasteiger partial charge in [-0.2, -0.15) is 0 Å². The lowest BCUT2D eigenvalue weighted by molar-refractivity contribution is 0.274. The van der Waals surface area contributed by atoms with E-state index in [1.807, 2.05) is 12.1 Å². The van der Waals surface area contributed by atoms with Crippen LogP contribution in [0.5, 0.6) is 0 Å². The molecule has 2 aromatic rings. The van der Waals surface area contributed by atoms with Crippen molar-refractivity contribution >= 4 is 23.2 Å². The average Bonchev–Trinajstić information content (AvgIpc) is 2.39. The summed E-state index contributed by atoms with van der Waals surface area (Å²) in [5, 5.41) is 4.24. The summed E-state index contributed by atoms with van der Waals surface area (Å²) >= 11 is 11.8. The summed E-state index contributed by atoms with van der Waals surface area (Å²) in [4.78, 5) is 0. The van der Waals surface area contributed by atoms with E-state index in [0.29, 0.717) is 0 Å². The molecule has 0 bridgehead atoms. The number of halogens is 3. The summed E-state index contributed by atoms with van der Waals surface area (Å²) in [6.07, 6.45) is 0.835. The van der Waals surface area contributed by atoms with Gasteiger partial charge in [-0.1, -0.05) is 41.4 Å². The number of rotatable bonds is 3. The van der Waals surface area contributed by atoms with E-state index in [2.05, 4.69) is 17.4 Å². The molecular formula is C16H14Cl2FN. The van der Waals surface area contributed by atoms with Crippen molar-refractivity contribution in [3.63, 3.8) is 0 Å². The third-order valence-corrected chi connectivity index (χ3v) is 4.45. The molecule has 1 saturated heterocycles. The van der Waals surface area contributed by atoms with Crippen LogP contribution in [0.1, 0.15) is 11.1 Å². The molecule has 0 aliphatic carbocycles. The van der Waals surface area contributed by atoms with Crippen molar-refractivity contribution in [2.75, 3.05) is 13.1 Å². The molecule has 1 aliphatic rings. The molecular weight excluding hydrogens is 296 g/mol. The van der Waals surface area contributed by atoms with Crippen molar-refractivity contribution in [1.82, 2.24) is 5.32 Å². The lowest BCUT2D eigenvalue weighted by atomic mass is 9.71. The Morgan fingerprint density at radius 1 is 1.05 bits per heavy atom. The summed E-state index contributed by atoms with van der Waals surface area (Å²) in [7, 11) is 0. The SMILES string of the molecule is Fc1ccc(CC2(c3ccc(Cl)cc3)CNC2)cc1Cl. The minimum absolute atomic E-state index is 0.0474. The molecule has 1 nitrogen and oxygen atoms in total. The maximum atomic E-state index is 13.2. The van der Waals surface area contributed by atoms with Gasteiger partial charge in [-0.15, -0.1) is 0 Å². The van der Waals surface area contributed by atoms with Gasteiger partial charge in [-0.3, -0.25) is 0 Å².